The van der Waals surface area contributed by atoms with Gasteiger partial charge in [-0.15, -0.1) is 0 Å². The highest BCUT2D eigenvalue weighted by molar-refractivity contribution is 5.98. The molecule has 0 saturated carbocycles. The summed E-state index contributed by atoms with van der Waals surface area (Å²) in [7, 11) is 0. The second-order valence-electron chi connectivity index (χ2n) is 11.5. The fourth-order valence-corrected chi connectivity index (χ4v) is 6.59. The number of carbonyl (C=O) groups excluding carboxylic acids is 1. The molecular weight excluding hydrogens is 512 g/mol. The first kappa shape index (κ1) is 25.7. The van der Waals surface area contributed by atoms with Gasteiger partial charge in [0.05, 0.1) is 0 Å². The largest absolute Gasteiger partial charge is 0.324 e. The Balaban J connectivity index is 1.29. The number of rotatable bonds is 5. The molecule has 3 aliphatic rings. The number of pyridine rings is 1. The van der Waals surface area contributed by atoms with Crippen molar-refractivity contribution in [3.63, 3.8) is 0 Å². The third kappa shape index (κ3) is 4.82. The minimum absolute atomic E-state index is 0.177. The number of para-hydroxylation sites is 1. The van der Waals surface area contributed by atoms with Gasteiger partial charge in [0, 0.05) is 41.5 Å². The molecule has 0 radical (unpaired) electrons. The Kier molecular flexibility index (Phi) is 6.63. The zero-order chi connectivity index (χ0) is 27.9. The van der Waals surface area contributed by atoms with Crippen LogP contribution in [-0.2, 0) is 11.2 Å². The molecule has 1 aliphatic carbocycles. The molecule has 2 atom stereocenters. The summed E-state index contributed by atoms with van der Waals surface area (Å²) >= 11 is 0. The van der Waals surface area contributed by atoms with Crippen molar-refractivity contribution in [2.24, 2.45) is 0 Å². The second-order valence-corrected chi connectivity index (χ2v) is 11.5. The summed E-state index contributed by atoms with van der Waals surface area (Å²) in [5.74, 6) is 0.712. The van der Waals surface area contributed by atoms with Crippen molar-refractivity contribution < 1.29 is 4.79 Å². The van der Waals surface area contributed by atoms with Crippen LogP contribution in [0.2, 0.25) is 0 Å². The number of fused-ring (bicyclic) bond motifs is 2. The summed E-state index contributed by atoms with van der Waals surface area (Å²) in [6, 6.07) is 17.4. The average molecular weight is 547 g/mol. The first-order valence-corrected chi connectivity index (χ1v) is 14.6. The van der Waals surface area contributed by atoms with Gasteiger partial charge in [-0.2, -0.15) is 4.98 Å². The Morgan fingerprint density at radius 2 is 1.88 bits per heavy atom. The van der Waals surface area contributed by atoms with Crippen LogP contribution in [0.15, 0.2) is 71.2 Å². The van der Waals surface area contributed by atoms with Crippen LogP contribution >= 0.6 is 0 Å². The van der Waals surface area contributed by atoms with E-state index >= 15 is 0 Å². The monoisotopic (exact) mass is 546 g/mol. The van der Waals surface area contributed by atoms with Gasteiger partial charge in [-0.3, -0.25) is 14.2 Å². The number of nitrogens with zero attached hydrogens (tertiary/aromatic N) is 3. The van der Waals surface area contributed by atoms with Crippen molar-refractivity contribution in [2.75, 3.05) is 23.7 Å². The molecule has 2 aromatic heterocycles. The Morgan fingerprint density at radius 3 is 2.66 bits per heavy atom. The van der Waals surface area contributed by atoms with Crippen molar-refractivity contribution in [3.8, 4) is 0 Å². The highest BCUT2D eigenvalue weighted by Crippen LogP contribution is 2.35. The Morgan fingerprint density at radius 1 is 1.02 bits per heavy atom. The molecule has 1 saturated heterocycles. The maximum atomic E-state index is 14.2. The molecule has 1 fully saturated rings. The summed E-state index contributed by atoms with van der Waals surface area (Å²) in [4.78, 5) is 37.1. The second kappa shape index (κ2) is 10.6. The molecule has 1 amide bonds. The number of hydrogen-bond acceptors (Lipinski definition) is 6. The van der Waals surface area contributed by atoms with Gasteiger partial charge in [-0.1, -0.05) is 35.9 Å². The number of nitrogens with one attached hydrogen (secondary N) is 3. The molecule has 2 unspecified atom stereocenters. The van der Waals surface area contributed by atoms with E-state index in [1.165, 1.54) is 24.0 Å². The number of piperidine rings is 1. The molecule has 4 aromatic rings. The molecule has 3 N–H and O–H groups in total. The Labute approximate surface area is 238 Å². The molecule has 4 heterocycles. The van der Waals surface area contributed by atoms with Crippen molar-refractivity contribution in [1.82, 2.24) is 19.9 Å². The van der Waals surface area contributed by atoms with E-state index in [1.54, 1.807) is 10.8 Å². The summed E-state index contributed by atoms with van der Waals surface area (Å²) < 4.78 is 1.60. The Hall–Kier alpha value is -4.30. The van der Waals surface area contributed by atoms with Gasteiger partial charge in [0.15, 0.2) is 0 Å². The summed E-state index contributed by atoms with van der Waals surface area (Å²) in [6.07, 6.45) is 7.45. The normalized spacial score (nSPS) is 20.7. The fraction of sp³-hybridized carbons (Fsp3) is 0.333. The van der Waals surface area contributed by atoms with E-state index < -0.39 is 6.04 Å². The number of allylic oxidation sites excluding steroid dienone is 2. The Bertz CT molecular complexity index is 1730. The van der Waals surface area contributed by atoms with Crippen molar-refractivity contribution in [3.05, 3.63) is 93.4 Å². The predicted molar refractivity (Wildman–Crippen MR) is 163 cm³/mol. The van der Waals surface area contributed by atoms with Gasteiger partial charge in [0.1, 0.15) is 11.7 Å². The van der Waals surface area contributed by atoms with E-state index in [0.29, 0.717) is 29.5 Å². The molecule has 7 rings (SSSR count). The van der Waals surface area contributed by atoms with E-state index in [9.17, 15) is 9.59 Å². The SMILES string of the molecule is CC1=C(c2cc3cnc(Nc4ccc(C5CCCNC5)cc4)nc3n(C3Cc4ccccc4NC3=O)c2=O)CCC1. The van der Waals surface area contributed by atoms with Crippen LogP contribution < -0.4 is 21.5 Å². The first-order valence-electron chi connectivity index (χ1n) is 14.6. The molecule has 208 valence electrons. The molecule has 8 heteroatoms. The fourth-order valence-electron chi connectivity index (χ4n) is 6.59. The standard InChI is InChI=1S/C33H34N6O2/c1-20-6-4-9-26(20)27-16-24-19-35-33(36-25-13-11-21(12-14-25)23-8-5-15-34-18-23)38-30(24)39(32(27)41)29-17-22-7-2-3-10-28(22)37-31(29)40/h2-3,7,10-14,16,19,23,29,34H,4-6,8-9,15,17-18H2,1H3,(H,37,40)(H,35,36,38). The van der Waals surface area contributed by atoms with E-state index in [-0.39, 0.29) is 11.5 Å². The topological polar surface area (TPSA) is 101 Å². The minimum atomic E-state index is -0.715. The molecule has 2 aromatic carbocycles. The smallest absolute Gasteiger partial charge is 0.260 e. The minimum Gasteiger partial charge on any atom is -0.324 e. The molecular formula is C33H34N6O2. The molecule has 2 aliphatic heterocycles. The number of benzene rings is 2. The zero-order valence-electron chi connectivity index (χ0n) is 23.2. The quantitative estimate of drug-likeness (QED) is 0.297. The third-order valence-electron chi connectivity index (χ3n) is 8.83. The lowest BCUT2D eigenvalue weighted by atomic mass is 9.92. The van der Waals surface area contributed by atoms with Crippen LogP contribution in [-0.4, -0.2) is 33.5 Å². The van der Waals surface area contributed by atoms with Gasteiger partial charge < -0.3 is 16.0 Å². The van der Waals surface area contributed by atoms with E-state index in [2.05, 4.69) is 52.1 Å². The lowest BCUT2D eigenvalue weighted by Crippen LogP contribution is -2.39. The highest BCUT2D eigenvalue weighted by Gasteiger charge is 2.31. The van der Waals surface area contributed by atoms with Crippen LogP contribution in [0, 0.1) is 0 Å². The lowest BCUT2D eigenvalue weighted by Gasteiger charge is -2.27. The van der Waals surface area contributed by atoms with E-state index in [0.717, 1.165) is 60.2 Å². The van der Waals surface area contributed by atoms with E-state index in [1.807, 2.05) is 30.3 Å². The average Bonchev–Trinajstić information content (AvgIpc) is 3.43. The maximum absolute atomic E-state index is 14.2. The number of amides is 1. The van der Waals surface area contributed by atoms with E-state index in [4.69, 9.17) is 4.98 Å². The lowest BCUT2D eigenvalue weighted by molar-refractivity contribution is -0.119. The number of aromatic nitrogens is 3. The van der Waals surface area contributed by atoms with Gasteiger partial charge in [0.2, 0.25) is 11.9 Å². The van der Waals surface area contributed by atoms with Gasteiger partial charge >= 0.3 is 0 Å². The highest BCUT2D eigenvalue weighted by atomic mass is 16.2. The van der Waals surface area contributed by atoms with Crippen LogP contribution in [0.5, 0.6) is 0 Å². The van der Waals surface area contributed by atoms with Crippen LogP contribution in [0.3, 0.4) is 0 Å². The van der Waals surface area contributed by atoms with Crippen molar-refractivity contribution in [1.29, 1.82) is 0 Å². The number of carbonyl (C=O) groups is 1. The zero-order valence-corrected chi connectivity index (χ0v) is 23.2. The summed E-state index contributed by atoms with van der Waals surface area (Å²) in [5, 5.41) is 10.5. The van der Waals surface area contributed by atoms with Crippen LogP contribution in [0.1, 0.15) is 67.7 Å². The number of anilines is 3. The van der Waals surface area contributed by atoms with Gasteiger partial charge in [-0.25, -0.2) is 4.98 Å². The maximum Gasteiger partial charge on any atom is 0.260 e. The van der Waals surface area contributed by atoms with Gasteiger partial charge in [0.25, 0.3) is 5.56 Å². The van der Waals surface area contributed by atoms with Crippen molar-refractivity contribution in [2.45, 2.75) is 57.4 Å². The van der Waals surface area contributed by atoms with Crippen LogP contribution in [0.4, 0.5) is 17.3 Å². The predicted octanol–water partition coefficient (Wildman–Crippen LogP) is 5.70. The summed E-state index contributed by atoms with van der Waals surface area (Å²) in [5.41, 5.74) is 7.23. The molecule has 0 spiro atoms. The molecule has 8 nitrogen and oxygen atoms in total. The van der Waals surface area contributed by atoms with Gasteiger partial charge in [-0.05, 0) is 92.5 Å². The van der Waals surface area contributed by atoms with Crippen molar-refractivity contribution >= 4 is 39.8 Å². The first-order chi connectivity index (χ1) is 20.0. The summed E-state index contributed by atoms with van der Waals surface area (Å²) in [6.45, 7) is 4.20. The van der Waals surface area contributed by atoms with Crippen LogP contribution in [0.25, 0.3) is 16.6 Å². The number of hydrogen-bond donors (Lipinski definition) is 3. The molecule has 41 heavy (non-hydrogen) atoms. The molecule has 0 bridgehead atoms. The third-order valence-corrected chi connectivity index (χ3v) is 8.83.